The summed E-state index contributed by atoms with van der Waals surface area (Å²) in [7, 11) is 0. The molecule has 0 aliphatic carbocycles. The number of benzene rings is 3. The molecule has 0 unspecified atom stereocenters. The van der Waals surface area contributed by atoms with Crippen molar-refractivity contribution < 1.29 is 10.2 Å². The second-order valence-electron chi connectivity index (χ2n) is 7.55. The Kier molecular flexibility index (Phi) is 4.67. The lowest BCUT2D eigenvalue weighted by molar-refractivity contribution is 0.462. The minimum atomic E-state index is -0.222. The fourth-order valence-electron chi connectivity index (χ4n) is 3.82. The van der Waals surface area contributed by atoms with Crippen LogP contribution in [0.15, 0.2) is 83.7 Å². The van der Waals surface area contributed by atoms with Gasteiger partial charge in [-0.05, 0) is 42.3 Å². The predicted octanol–water partition coefficient (Wildman–Crippen LogP) is 5.04. The van der Waals surface area contributed by atoms with Crippen LogP contribution in [0, 0.1) is 6.92 Å². The summed E-state index contributed by atoms with van der Waals surface area (Å²) in [6.45, 7) is 1.73. The first-order chi connectivity index (χ1) is 15.5. The second kappa shape index (κ2) is 7.67. The van der Waals surface area contributed by atoms with Gasteiger partial charge < -0.3 is 15.2 Å². The first kappa shape index (κ1) is 19.5. The van der Waals surface area contributed by atoms with Gasteiger partial charge in [-0.3, -0.25) is 4.79 Å². The van der Waals surface area contributed by atoms with Crippen molar-refractivity contribution in [2.45, 2.75) is 6.92 Å². The van der Waals surface area contributed by atoms with Gasteiger partial charge in [0.15, 0.2) is 5.65 Å². The van der Waals surface area contributed by atoms with E-state index in [2.05, 4.69) is 15.0 Å². The molecule has 0 amide bonds. The summed E-state index contributed by atoms with van der Waals surface area (Å²) in [6.07, 6.45) is 0. The van der Waals surface area contributed by atoms with Crippen LogP contribution in [0.25, 0.3) is 44.5 Å². The summed E-state index contributed by atoms with van der Waals surface area (Å²) >= 11 is 0. The molecular weight excluding hydrogens is 402 g/mol. The number of phenols is 2. The normalized spacial score (nSPS) is 11.0. The van der Waals surface area contributed by atoms with E-state index in [1.807, 2.05) is 60.7 Å². The monoisotopic (exact) mass is 421 g/mol. The third-order valence-corrected chi connectivity index (χ3v) is 5.35. The van der Waals surface area contributed by atoms with Crippen molar-refractivity contribution in [3.63, 3.8) is 0 Å². The molecule has 0 saturated carbocycles. The summed E-state index contributed by atoms with van der Waals surface area (Å²) < 4.78 is 0. The Balaban J connectivity index is 1.68. The zero-order valence-corrected chi connectivity index (χ0v) is 17.2. The Hall–Kier alpha value is -4.45. The lowest BCUT2D eigenvalue weighted by Crippen LogP contribution is -2.12. The number of aryl methyl sites for hydroxylation is 1. The average Bonchev–Trinajstić information content (AvgIpc) is 2.80. The number of fused-ring (bicyclic) bond motifs is 1. The number of nitrogens with zero attached hydrogens (tertiary/aromatic N) is 2. The van der Waals surface area contributed by atoms with Gasteiger partial charge in [0, 0.05) is 16.7 Å². The Morgan fingerprint density at radius 3 is 2.19 bits per heavy atom. The number of rotatable bonds is 3. The number of H-pyrrole nitrogens is 1. The minimum Gasteiger partial charge on any atom is -0.508 e. The molecule has 2 aromatic heterocycles. The molecule has 0 aliphatic heterocycles. The molecule has 5 aromatic rings. The van der Waals surface area contributed by atoms with E-state index >= 15 is 0 Å². The number of phenolic OH excluding ortho intramolecular Hbond substituents is 2. The van der Waals surface area contributed by atoms with Crippen molar-refractivity contribution in [3.8, 4) is 45.0 Å². The van der Waals surface area contributed by atoms with Gasteiger partial charge in [-0.25, -0.2) is 9.97 Å². The van der Waals surface area contributed by atoms with E-state index in [4.69, 9.17) is 0 Å². The molecule has 0 radical (unpaired) electrons. The number of pyridine rings is 1. The first-order valence-electron chi connectivity index (χ1n) is 10.1. The topological polar surface area (TPSA) is 99.1 Å². The molecule has 3 N–H and O–H groups in total. The second-order valence-corrected chi connectivity index (χ2v) is 7.55. The molecule has 32 heavy (non-hydrogen) atoms. The third-order valence-electron chi connectivity index (χ3n) is 5.35. The molecule has 156 valence electrons. The molecule has 0 fully saturated rings. The highest BCUT2D eigenvalue weighted by atomic mass is 16.3. The number of aromatic amines is 1. The fourth-order valence-corrected chi connectivity index (χ4v) is 3.82. The summed E-state index contributed by atoms with van der Waals surface area (Å²) in [4.78, 5) is 24.6. The molecule has 2 heterocycles. The van der Waals surface area contributed by atoms with E-state index < -0.39 is 0 Å². The van der Waals surface area contributed by atoms with Crippen molar-refractivity contribution in [1.82, 2.24) is 15.0 Å². The van der Waals surface area contributed by atoms with Crippen molar-refractivity contribution in [2.24, 2.45) is 0 Å². The Labute approximate surface area is 183 Å². The Morgan fingerprint density at radius 2 is 1.44 bits per heavy atom. The van der Waals surface area contributed by atoms with Crippen molar-refractivity contribution in [1.29, 1.82) is 0 Å². The number of hydrogen-bond acceptors (Lipinski definition) is 5. The van der Waals surface area contributed by atoms with Crippen LogP contribution >= 0.6 is 0 Å². The maximum atomic E-state index is 12.7. The Bertz CT molecular complexity index is 1510. The van der Waals surface area contributed by atoms with Crippen molar-refractivity contribution in [3.05, 3.63) is 95.0 Å². The van der Waals surface area contributed by atoms with Gasteiger partial charge in [-0.1, -0.05) is 54.6 Å². The van der Waals surface area contributed by atoms with Crippen molar-refractivity contribution in [2.75, 3.05) is 0 Å². The van der Waals surface area contributed by atoms with Crippen LogP contribution in [0.4, 0.5) is 0 Å². The molecular formula is C26H19N3O3. The molecule has 0 saturated heterocycles. The molecule has 6 nitrogen and oxygen atoms in total. The van der Waals surface area contributed by atoms with Crippen LogP contribution in [0.1, 0.15) is 5.82 Å². The molecule has 0 bridgehead atoms. The van der Waals surface area contributed by atoms with Crippen LogP contribution in [0.2, 0.25) is 0 Å². The maximum absolute atomic E-state index is 12.7. The lowest BCUT2D eigenvalue weighted by atomic mass is 9.98. The Morgan fingerprint density at radius 1 is 0.750 bits per heavy atom. The highest BCUT2D eigenvalue weighted by Gasteiger charge is 2.14. The van der Waals surface area contributed by atoms with Crippen LogP contribution in [-0.4, -0.2) is 25.2 Å². The number of aromatic hydroxyl groups is 2. The SMILES string of the molecule is Cc1nc2nc(-c3ccc(-c4cc(O)ccc4O)cc3)cc(-c3ccccc3)c2c(=O)[nH]1. The largest absolute Gasteiger partial charge is 0.508 e. The van der Waals surface area contributed by atoms with Gasteiger partial charge in [-0.2, -0.15) is 0 Å². The van der Waals surface area contributed by atoms with Crippen molar-refractivity contribution >= 4 is 11.0 Å². The predicted molar refractivity (Wildman–Crippen MR) is 125 cm³/mol. The molecule has 6 heteroatoms. The first-order valence-corrected chi connectivity index (χ1v) is 10.1. The van der Waals surface area contributed by atoms with Gasteiger partial charge in [-0.15, -0.1) is 0 Å². The molecule has 5 rings (SSSR count). The highest BCUT2D eigenvalue weighted by Crippen LogP contribution is 2.34. The van der Waals surface area contributed by atoms with Gasteiger partial charge in [0.25, 0.3) is 5.56 Å². The number of aromatic nitrogens is 3. The summed E-state index contributed by atoms with van der Waals surface area (Å²) in [5.41, 5.74) is 4.64. The molecule has 3 aromatic carbocycles. The highest BCUT2D eigenvalue weighted by molar-refractivity contribution is 5.94. The standard InChI is InChI=1S/C26H19N3O3/c1-15-27-25-24(26(32)28-15)21(16-5-3-2-4-6-16)14-22(29-25)18-9-7-17(8-10-18)20-13-19(30)11-12-23(20)31/h2-14,30-31H,1H3,(H,27,28,29,32). The quantitative estimate of drug-likeness (QED) is 0.355. The zero-order chi connectivity index (χ0) is 22.2. The van der Waals surface area contributed by atoms with Crippen LogP contribution in [0.5, 0.6) is 11.5 Å². The van der Waals surface area contributed by atoms with Crippen LogP contribution in [-0.2, 0) is 0 Å². The van der Waals surface area contributed by atoms with Crippen LogP contribution in [0.3, 0.4) is 0 Å². The van der Waals surface area contributed by atoms with E-state index in [1.165, 1.54) is 18.2 Å². The van der Waals surface area contributed by atoms with E-state index in [0.29, 0.717) is 28.1 Å². The molecule has 0 atom stereocenters. The van der Waals surface area contributed by atoms with Gasteiger partial charge >= 0.3 is 0 Å². The summed E-state index contributed by atoms with van der Waals surface area (Å²) in [5, 5.41) is 20.4. The van der Waals surface area contributed by atoms with Gasteiger partial charge in [0.1, 0.15) is 17.3 Å². The van der Waals surface area contributed by atoms with E-state index in [1.54, 1.807) is 6.92 Å². The minimum absolute atomic E-state index is 0.0808. The van der Waals surface area contributed by atoms with E-state index in [0.717, 1.165) is 22.3 Å². The van der Waals surface area contributed by atoms with Gasteiger partial charge in [0.2, 0.25) is 0 Å². The molecule has 0 spiro atoms. The maximum Gasteiger partial charge on any atom is 0.261 e. The number of hydrogen-bond donors (Lipinski definition) is 3. The van der Waals surface area contributed by atoms with Gasteiger partial charge in [0.05, 0.1) is 11.1 Å². The van der Waals surface area contributed by atoms with E-state index in [-0.39, 0.29) is 17.1 Å². The third kappa shape index (κ3) is 3.48. The summed E-state index contributed by atoms with van der Waals surface area (Å²) in [6, 6.07) is 23.5. The molecule has 0 aliphatic rings. The zero-order valence-electron chi connectivity index (χ0n) is 17.2. The summed E-state index contributed by atoms with van der Waals surface area (Å²) in [5.74, 6) is 0.669. The number of nitrogens with one attached hydrogen (secondary N) is 1. The van der Waals surface area contributed by atoms with E-state index in [9.17, 15) is 15.0 Å². The smallest absolute Gasteiger partial charge is 0.261 e. The fraction of sp³-hybridized carbons (Fsp3) is 0.0385. The van der Waals surface area contributed by atoms with Crippen LogP contribution < -0.4 is 5.56 Å². The average molecular weight is 421 g/mol. The lowest BCUT2D eigenvalue weighted by Gasteiger charge is -2.11.